The number of nitrogens with one attached hydrogen (secondary N) is 1. The Morgan fingerprint density at radius 1 is 1.55 bits per heavy atom. The number of hydrogen-bond donors (Lipinski definition) is 2. The van der Waals surface area contributed by atoms with Crippen molar-refractivity contribution in [1.82, 2.24) is 5.32 Å². The Morgan fingerprint density at radius 2 is 2.25 bits per heavy atom. The van der Waals surface area contributed by atoms with E-state index in [1.54, 1.807) is 16.8 Å². The van der Waals surface area contributed by atoms with Gasteiger partial charge in [0.15, 0.2) is 0 Å². The van der Waals surface area contributed by atoms with Gasteiger partial charge in [0.2, 0.25) is 0 Å². The quantitative estimate of drug-likeness (QED) is 0.873. The second-order valence-electron chi connectivity index (χ2n) is 5.55. The summed E-state index contributed by atoms with van der Waals surface area (Å²) in [6.07, 6.45) is 0.130. The van der Waals surface area contributed by atoms with Gasteiger partial charge < -0.3 is 15.2 Å². The molecule has 2 rings (SSSR count). The molecule has 1 aromatic heterocycles. The normalized spacial score (nSPS) is 27.6. The highest BCUT2D eigenvalue weighted by atomic mass is 32.1. The smallest absolute Gasteiger partial charge is 0.330 e. The predicted molar refractivity (Wildman–Crippen MR) is 76.0 cm³/mol. The van der Waals surface area contributed by atoms with Gasteiger partial charge >= 0.3 is 5.97 Å². The maximum atomic E-state index is 12.2. The number of amides is 1. The van der Waals surface area contributed by atoms with Crippen LogP contribution < -0.4 is 5.32 Å². The highest BCUT2D eigenvalue weighted by molar-refractivity contribution is 7.08. The Balaban J connectivity index is 2.21. The van der Waals surface area contributed by atoms with Gasteiger partial charge in [0.1, 0.15) is 5.54 Å². The molecule has 0 aromatic carbocycles. The van der Waals surface area contributed by atoms with Crippen LogP contribution >= 0.6 is 11.3 Å². The molecule has 2 N–H and O–H groups in total. The summed E-state index contributed by atoms with van der Waals surface area (Å²) in [6, 6.07) is 1.68. The van der Waals surface area contributed by atoms with Gasteiger partial charge in [-0.1, -0.05) is 13.8 Å². The van der Waals surface area contributed by atoms with E-state index < -0.39 is 16.9 Å². The summed E-state index contributed by atoms with van der Waals surface area (Å²) in [7, 11) is 0. The third-order valence-electron chi connectivity index (χ3n) is 4.24. The number of carbonyl (C=O) groups excluding carboxylic acids is 1. The first-order chi connectivity index (χ1) is 9.35. The molecule has 110 valence electrons. The lowest BCUT2D eigenvalue weighted by molar-refractivity contribution is -0.190. The van der Waals surface area contributed by atoms with E-state index in [0.29, 0.717) is 18.6 Å². The Labute approximate surface area is 121 Å². The molecule has 0 spiro atoms. The zero-order valence-electron chi connectivity index (χ0n) is 11.8. The number of carboxylic acids is 1. The first-order valence-corrected chi connectivity index (χ1v) is 7.49. The molecule has 1 aliphatic carbocycles. The minimum absolute atomic E-state index is 0.161. The lowest BCUT2D eigenvalue weighted by atomic mass is 9.54. The van der Waals surface area contributed by atoms with Crippen molar-refractivity contribution in [1.29, 1.82) is 0 Å². The van der Waals surface area contributed by atoms with Crippen molar-refractivity contribution in [2.24, 2.45) is 5.41 Å². The number of hydrogen-bond acceptors (Lipinski definition) is 4. The highest BCUT2D eigenvalue weighted by Gasteiger charge is 2.66. The van der Waals surface area contributed by atoms with Crippen molar-refractivity contribution in [2.45, 2.75) is 38.8 Å². The molecule has 1 saturated carbocycles. The molecule has 0 aliphatic heterocycles. The second kappa shape index (κ2) is 5.18. The fourth-order valence-corrected chi connectivity index (χ4v) is 3.33. The average Bonchev–Trinajstić information content (AvgIpc) is 2.90. The molecule has 0 radical (unpaired) electrons. The molecular weight excluding hydrogens is 278 g/mol. The standard InChI is InChI=1S/C14H19NO4S/c1-4-19-10-7-14(12(17)18,13(10,2)3)15-11(16)9-5-6-20-8-9/h5-6,8,10H,4,7H2,1-3H3,(H,15,16)(H,17,18)/t10-,14-/m1/s1. The summed E-state index contributed by atoms with van der Waals surface area (Å²) in [6.45, 7) is 6.04. The van der Waals surface area contributed by atoms with E-state index >= 15 is 0 Å². The average molecular weight is 297 g/mol. The Kier molecular flexibility index (Phi) is 3.88. The molecule has 2 atom stereocenters. The van der Waals surface area contributed by atoms with Gasteiger partial charge in [-0.15, -0.1) is 0 Å². The van der Waals surface area contributed by atoms with Crippen LogP contribution in [0.5, 0.6) is 0 Å². The van der Waals surface area contributed by atoms with Gasteiger partial charge in [-0.2, -0.15) is 11.3 Å². The molecule has 1 amide bonds. The second-order valence-corrected chi connectivity index (χ2v) is 6.33. The Hall–Kier alpha value is -1.40. The minimum Gasteiger partial charge on any atom is -0.479 e. The molecule has 1 aromatic rings. The topological polar surface area (TPSA) is 75.6 Å². The van der Waals surface area contributed by atoms with E-state index in [9.17, 15) is 14.7 Å². The Morgan fingerprint density at radius 3 is 2.70 bits per heavy atom. The van der Waals surface area contributed by atoms with Crippen molar-refractivity contribution in [2.75, 3.05) is 6.61 Å². The maximum Gasteiger partial charge on any atom is 0.330 e. The summed E-state index contributed by atoms with van der Waals surface area (Å²) >= 11 is 1.40. The number of ether oxygens (including phenoxy) is 1. The molecular formula is C14H19NO4S. The summed E-state index contributed by atoms with van der Waals surface area (Å²) in [5, 5.41) is 15.8. The number of carbonyl (C=O) groups is 2. The van der Waals surface area contributed by atoms with Crippen molar-refractivity contribution < 1.29 is 19.4 Å². The minimum atomic E-state index is -1.27. The number of thiophene rings is 1. The van der Waals surface area contributed by atoms with E-state index in [4.69, 9.17) is 4.74 Å². The van der Waals surface area contributed by atoms with Crippen molar-refractivity contribution >= 4 is 23.2 Å². The number of aliphatic carboxylic acids is 1. The van der Waals surface area contributed by atoms with Crippen LogP contribution in [0.2, 0.25) is 0 Å². The number of rotatable bonds is 5. The SMILES string of the molecule is CCO[C@@H]1C[C@@](NC(=O)c2ccsc2)(C(=O)O)C1(C)C. The van der Waals surface area contributed by atoms with E-state index in [0.717, 1.165) is 0 Å². The summed E-state index contributed by atoms with van der Waals surface area (Å²) in [5.74, 6) is -1.36. The predicted octanol–water partition coefficient (Wildman–Crippen LogP) is 2.14. The Bertz CT molecular complexity index is 511. The van der Waals surface area contributed by atoms with Crippen LogP contribution in [0.15, 0.2) is 16.8 Å². The van der Waals surface area contributed by atoms with Crippen LogP contribution in [-0.2, 0) is 9.53 Å². The first-order valence-electron chi connectivity index (χ1n) is 6.55. The molecule has 5 nitrogen and oxygen atoms in total. The molecule has 0 bridgehead atoms. The monoisotopic (exact) mass is 297 g/mol. The van der Waals surface area contributed by atoms with Crippen LogP contribution in [-0.4, -0.2) is 35.2 Å². The van der Waals surface area contributed by atoms with Gasteiger partial charge in [0.25, 0.3) is 5.91 Å². The zero-order chi connectivity index (χ0) is 15.0. The number of carboxylic acid groups (broad SMARTS) is 1. The van der Waals surface area contributed by atoms with Crippen LogP contribution in [0.4, 0.5) is 0 Å². The molecule has 0 saturated heterocycles. The third-order valence-corrected chi connectivity index (χ3v) is 4.92. The molecule has 0 unspecified atom stereocenters. The molecule has 20 heavy (non-hydrogen) atoms. The first kappa shape index (κ1) is 15.0. The molecule has 1 fully saturated rings. The fourth-order valence-electron chi connectivity index (χ4n) is 2.70. The third kappa shape index (κ3) is 2.13. The zero-order valence-corrected chi connectivity index (χ0v) is 12.6. The lowest BCUT2D eigenvalue weighted by Crippen LogP contribution is -2.76. The van der Waals surface area contributed by atoms with E-state index in [-0.39, 0.29) is 12.0 Å². The van der Waals surface area contributed by atoms with Crippen LogP contribution in [0.3, 0.4) is 0 Å². The van der Waals surface area contributed by atoms with E-state index in [2.05, 4.69) is 5.32 Å². The molecule has 6 heteroatoms. The van der Waals surface area contributed by atoms with Gasteiger partial charge in [0, 0.05) is 23.8 Å². The van der Waals surface area contributed by atoms with Crippen molar-refractivity contribution in [3.8, 4) is 0 Å². The summed E-state index contributed by atoms with van der Waals surface area (Å²) < 4.78 is 5.56. The largest absolute Gasteiger partial charge is 0.479 e. The van der Waals surface area contributed by atoms with Gasteiger partial charge in [-0.3, -0.25) is 4.79 Å². The maximum absolute atomic E-state index is 12.2. The molecule has 1 aliphatic rings. The van der Waals surface area contributed by atoms with Crippen molar-refractivity contribution in [3.05, 3.63) is 22.4 Å². The highest BCUT2D eigenvalue weighted by Crippen LogP contribution is 2.51. The molecule has 1 heterocycles. The van der Waals surface area contributed by atoms with Crippen LogP contribution in [0.1, 0.15) is 37.6 Å². The fraction of sp³-hybridized carbons (Fsp3) is 0.571. The summed E-state index contributed by atoms with van der Waals surface area (Å²) in [5.41, 5.74) is -1.43. The van der Waals surface area contributed by atoms with Crippen LogP contribution in [0.25, 0.3) is 0 Å². The van der Waals surface area contributed by atoms with Crippen LogP contribution in [0, 0.1) is 5.41 Å². The lowest BCUT2D eigenvalue weighted by Gasteiger charge is -2.58. The van der Waals surface area contributed by atoms with Crippen molar-refractivity contribution in [3.63, 3.8) is 0 Å². The van der Waals surface area contributed by atoms with E-state index in [1.165, 1.54) is 11.3 Å². The van der Waals surface area contributed by atoms with Gasteiger partial charge in [-0.05, 0) is 18.4 Å². The summed E-state index contributed by atoms with van der Waals surface area (Å²) in [4.78, 5) is 23.9. The van der Waals surface area contributed by atoms with E-state index in [1.807, 2.05) is 20.8 Å². The van der Waals surface area contributed by atoms with Gasteiger partial charge in [0.05, 0.1) is 11.7 Å². The van der Waals surface area contributed by atoms with Gasteiger partial charge in [-0.25, -0.2) is 4.79 Å².